The highest BCUT2D eigenvalue weighted by atomic mass is 16.1. The first-order chi connectivity index (χ1) is 12.2. The van der Waals surface area contributed by atoms with E-state index in [0.717, 1.165) is 63.0 Å². The fourth-order valence-electron chi connectivity index (χ4n) is 2.87. The van der Waals surface area contributed by atoms with Crippen molar-refractivity contribution in [1.29, 1.82) is 0 Å². The Morgan fingerprint density at radius 1 is 1.16 bits per heavy atom. The van der Waals surface area contributed by atoms with Crippen molar-refractivity contribution in [3.05, 3.63) is 41.9 Å². The van der Waals surface area contributed by atoms with Gasteiger partial charge in [-0.05, 0) is 31.0 Å². The number of anilines is 2. The van der Waals surface area contributed by atoms with E-state index in [1.165, 1.54) is 5.56 Å². The molecular weight excluding hydrogens is 316 g/mol. The molecule has 132 valence electrons. The van der Waals surface area contributed by atoms with Crippen LogP contribution in [-0.2, 0) is 11.2 Å². The maximum atomic E-state index is 10.9. The third kappa shape index (κ3) is 4.43. The van der Waals surface area contributed by atoms with Gasteiger partial charge in [0.2, 0.25) is 12.4 Å². The van der Waals surface area contributed by atoms with E-state index in [1.54, 1.807) is 4.90 Å². The fraction of sp³-hybridized carbons (Fsp3) is 0.444. The summed E-state index contributed by atoms with van der Waals surface area (Å²) in [6.07, 6.45) is 5.47. The zero-order valence-electron chi connectivity index (χ0n) is 14.8. The van der Waals surface area contributed by atoms with Crippen molar-refractivity contribution in [3.8, 4) is 0 Å². The van der Waals surface area contributed by atoms with E-state index >= 15 is 0 Å². The van der Waals surface area contributed by atoms with Crippen molar-refractivity contribution in [2.24, 2.45) is 0 Å². The van der Waals surface area contributed by atoms with Crippen LogP contribution in [0.5, 0.6) is 0 Å². The summed E-state index contributed by atoms with van der Waals surface area (Å²) in [6.45, 7) is 5.91. The van der Waals surface area contributed by atoms with Crippen LogP contribution < -0.4 is 9.80 Å². The van der Waals surface area contributed by atoms with Gasteiger partial charge in [-0.3, -0.25) is 9.78 Å². The number of aryl methyl sites for hydroxylation is 1. The number of hydrogen-bond acceptors (Lipinski definition) is 6. The molecule has 0 aromatic carbocycles. The standard InChI is InChI=1S/C18H24N6O/c1-15-13-17(24-11-9-23(14-25)10-12-24)21-18(20-15)22(2)8-5-16-3-6-19-7-4-16/h3-4,6-7,13-14H,5,8-12H2,1-2H3. The molecule has 2 aromatic heterocycles. The van der Waals surface area contributed by atoms with Gasteiger partial charge in [-0.1, -0.05) is 0 Å². The molecule has 3 heterocycles. The van der Waals surface area contributed by atoms with Crippen molar-refractivity contribution in [2.45, 2.75) is 13.3 Å². The Bertz CT molecular complexity index is 700. The summed E-state index contributed by atoms with van der Waals surface area (Å²) in [5.74, 6) is 1.67. The van der Waals surface area contributed by atoms with Crippen molar-refractivity contribution >= 4 is 18.2 Å². The monoisotopic (exact) mass is 340 g/mol. The molecule has 0 N–H and O–H groups in total. The molecular formula is C18H24N6O. The first-order valence-electron chi connectivity index (χ1n) is 8.56. The quantitative estimate of drug-likeness (QED) is 0.735. The van der Waals surface area contributed by atoms with Crippen LogP contribution in [-0.4, -0.2) is 66.0 Å². The molecule has 0 unspecified atom stereocenters. The summed E-state index contributed by atoms with van der Waals surface area (Å²) in [6, 6.07) is 6.07. The van der Waals surface area contributed by atoms with Crippen LogP contribution >= 0.6 is 0 Å². The Kier molecular flexibility index (Phi) is 5.42. The zero-order chi connectivity index (χ0) is 17.6. The van der Waals surface area contributed by atoms with E-state index in [2.05, 4.69) is 19.8 Å². The van der Waals surface area contributed by atoms with Crippen molar-refractivity contribution in [1.82, 2.24) is 19.9 Å². The molecule has 1 aliphatic heterocycles. The predicted molar refractivity (Wildman–Crippen MR) is 97.8 cm³/mol. The highest BCUT2D eigenvalue weighted by Gasteiger charge is 2.18. The number of amides is 1. The minimum Gasteiger partial charge on any atom is -0.353 e. The fourth-order valence-corrected chi connectivity index (χ4v) is 2.87. The molecule has 1 aliphatic rings. The van der Waals surface area contributed by atoms with E-state index in [4.69, 9.17) is 4.98 Å². The van der Waals surface area contributed by atoms with E-state index in [0.29, 0.717) is 0 Å². The van der Waals surface area contributed by atoms with Crippen LogP contribution in [0.1, 0.15) is 11.3 Å². The molecule has 1 fully saturated rings. The molecule has 0 saturated carbocycles. The summed E-state index contributed by atoms with van der Waals surface area (Å²) in [4.78, 5) is 30.3. The third-order valence-corrected chi connectivity index (χ3v) is 4.44. The maximum absolute atomic E-state index is 10.9. The lowest BCUT2D eigenvalue weighted by molar-refractivity contribution is -0.118. The first kappa shape index (κ1) is 17.1. The molecule has 0 radical (unpaired) electrons. The molecule has 0 bridgehead atoms. The number of pyridine rings is 1. The molecule has 3 rings (SSSR count). The molecule has 25 heavy (non-hydrogen) atoms. The van der Waals surface area contributed by atoms with Gasteiger partial charge in [0.15, 0.2) is 0 Å². The number of rotatable bonds is 6. The lowest BCUT2D eigenvalue weighted by Gasteiger charge is -2.33. The van der Waals surface area contributed by atoms with E-state index in [1.807, 2.05) is 44.6 Å². The highest BCUT2D eigenvalue weighted by molar-refractivity contribution is 5.50. The topological polar surface area (TPSA) is 65.5 Å². The van der Waals surface area contributed by atoms with Gasteiger partial charge in [-0.2, -0.15) is 4.98 Å². The smallest absolute Gasteiger partial charge is 0.227 e. The zero-order valence-corrected chi connectivity index (χ0v) is 14.8. The summed E-state index contributed by atoms with van der Waals surface area (Å²) < 4.78 is 0. The van der Waals surface area contributed by atoms with Gasteiger partial charge in [0.05, 0.1) is 0 Å². The molecule has 1 amide bonds. The summed E-state index contributed by atoms with van der Waals surface area (Å²) >= 11 is 0. The molecule has 7 heteroatoms. The number of aromatic nitrogens is 3. The number of carbonyl (C=O) groups is 1. The van der Waals surface area contributed by atoms with Crippen LogP contribution in [0.2, 0.25) is 0 Å². The van der Waals surface area contributed by atoms with Crippen molar-refractivity contribution < 1.29 is 4.79 Å². The Labute approximate surface area is 148 Å². The number of nitrogens with zero attached hydrogens (tertiary/aromatic N) is 6. The molecule has 0 spiro atoms. The maximum Gasteiger partial charge on any atom is 0.227 e. The average Bonchev–Trinajstić information content (AvgIpc) is 2.66. The lowest BCUT2D eigenvalue weighted by Crippen LogP contribution is -2.46. The van der Waals surface area contributed by atoms with Gasteiger partial charge in [-0.25, -0.2) is 4.98 Å². The van der Waals surface area contributed by atoms with Gasteiger partial charge >= 0.3 is 0 Å². The minimum atomic E-state index is 0.736. The van der Waals surface area contributed by atoms with E-state index in [-0.39, 0.29) is 0 Å². The first-order valence-corrected chi connectivity index (χ1v) is 8.56. The highest BCUT2D eigenvalue weighted by Crippen LogP contribution is 2.18. The summed E-state index contributed by atoms with van der Waals surface area (Å²) in [5, 5.41) is 0. The molecule has 1 saturated heterocycles. The second-order valence-electron chi connectivity index (χ2n) is 6.32. The number of likely N-dealkylation sites (N-methyl/N-ethyl adjacent to an activating group) is 1. The Morgan fingerprint density at radius 2 is 1.88 bits per heavy atom. The molecule has 7 nitrogen and oxygen atoms in total. The minimum absolute atomic E-state index is 0.736. The lowest BCUT2D eigenvalue weighted by atomic mass is 10.2. The number of carbonyl (C=O) groups excluding carboxylic acids is 1. The van der Waals surface area contributed by atoms with Gasteiger partial charge in [0, 0.05) is 63.9 Å². The Morgan fingerprint density at radius 3 is 2.56 bits per heavy atom. The van der Waals surface area contributed by atoms with Crippen molar-refractivity contribution in [2.75, 3.05) is 49.6 Å². The molecule has 2 aromatic rings. The second-order valence-corrected chi connectivity index (χ2v) is 6.32. The van der Waals surface area contributed by atoms with Gasteiger partial charge in [0.25, 0.3) is 0 Å². The predicted octanol–water partition coefficient (Wildman–Crippen LogP) is 1.14. The molecule has 0 atom stereocenters. The number of hydrogen-bond donors (Lipinski definition) is 0. The van der Waals surface area contributed by atoms with Gasteiger partial charge in [0.1, 0.15) is 5.82 Å². The van der Waals surface area contributed by atoms with Crippen LogP contribution in [0.25, 0.3) is 0 Å². The molecule has 0 aliphatic carbocycles. The van der Waals surface area contributed by atoms with Gasteiger partial charge < -0.3 is 14.7 Å². The third-order valence-electron chi connectivity index (χ3n) is 4.44. The SMILES string of the molecule is Cc1cc(N2CCN(C=O)CC2)nc(N(C)CCc2ccncc2)n1. The number of piperazine rings is 1. The average molecular weight is 340 g/mol. The van der Waals surface area contributed by atoms with E-state index in [9.17, 15) is 4.79 Å². The van der Waals surface area contributed by atoms with Crippen molar-refractivity contribution in [3.63, 3.8) is 0 Å². The van der Waals surface area contributed by atoms with Crippen LogP contribution in [0, 0.1) is 6.92 Å². The van der Waals surface area contributed by atoms with Crippen LogP contribution in [0.4, 0.5) is 11.8 Å². The van der Waals surface area contributed by atoms with E-state index < -0.39 is 0 Å². The Hall–Kier alpha value is -2.70. The van der Waals surface area contributed by atoms with Crippen LogP contribution in [0.3, 0.4) is 0 Å². The Balaban J connectivity index is 1.67. The van der Waals surface area contributed by atoms with Gasteiger partial charge in [-0.15, -0.1) is 0 Å². The summed E-state index contributed by atoms with van der Waals surface area (Å²) in [7, 11) is 2.02. The largest absolute Gasteiger partial charge is 0.353 e. The van der Waals surface area contributed by atoms with Crippen LogP contribution in [0.15, 0.2) is 30.6 Å². The normalized spacial score (nSPS) is 14.5. The summed E-state index contributed by atoms with van der Waals surface area (Å²) in [5.41, 5.74) is 2.20. The second kappa shape index (κ2) is 7.92.